The van der Waals surface area contributed by atoms with Gasteiger partial charge in [0, 0.05) is 15.7 Å². The molecule has 3 aromatic rings. The van der Waals surface area contributed by atoms with E-state index in [-0.39, 0.29) is 0 Å². The SMILES string of the molecule is CCOc1ccccc1Nc1ncnc(Nc2cc(Cl)cc(Cl)c2)c1N. The molecule has 0 bridgehead atoms. The van der Waals surface area contributed by atoms with Crippen LogP contribution in [0.1, 0.15) is 6.92 Å². The lowest BCUT2D eigenvalue weighted by atomic mass is 10.2. The molecular weight excluding hydrogens is 373 g/mol. The Morgan fingerprint density at radius 2 is 1.65 bits per heavy atom. The molecule has 1 heterocycles. The lowest BCUT2D eigenvalue weighted by Crippen LogP contribution is -2.06. The highest BCUT2D eigenvalue weighted by Crippen LogP contribution is 2.33. The second-order valence-corrected chi connectivity index (χ2v) is 6.19. The Labute approximate surface area is 161 Å². The summed E-state index contributed by atoms with van der Waals surface area (Å²) in [4.78, 5) is 8.41. The summed E-state index contributed by atoms with van der Waals surface area (Å²) in [6, 6.07) is 12.7. The molecule has 134 valence electrons. The first-order chi connectivity index (χ1) is 12.6. The van der Waals surface area contributed by atoms with Gasteiger partial charge in [0.05, 0.1) is 12.3 Å². The quantitative estimate of drug-likeness (QED) is 0.533. The van der Waals surface area contributed by atoms with E-state index in [1.54, 1.807) is 18.2 Å². The van der Waals surface area contributed by atoms with Gasteiger partial charge in [-0.05, 0) is 37.3 Å². The van der Waals surface area contributed by atoms with E-state index < -0.39 is 0 Å². The third kappa shape index (κ3) is 4.28. The van der Waals surface area contributed by atoms with Crippen LogP contribution in [-0.2, 0) is 0 Å². The second-order valence-electron chi connectivity index (χ2n) is 5.32. The summed E-state index contributed by atoms with van der Waals surface area (Å²) in [5.74, 6) is 1.61. The van der Waals surface area contributed by atoms with E-state index >= 15 is 0 Å². The van der Waals surface area contributed by atoms with E-state index in [1.807, 2.05) is 31.2 Å². The summed E-state index contributed by atoms with van der Waals surface area (Å²) in [7, 11) is 0. The van der Waals surface area contributed by atoms with Crippen LogP contribution in [0, 0.1) is 0 Å². The van der Waals surface area contributed by atoms with E-state index in [9.17, 15) is 0 Å². The predicted octanol–water partition coefficient (Wildman–Crippen LogP) is 5.25. The number of benzene rings is 2. The van der Waals surface area contributed by atoms with Crippen LogP contribution >= 0.6 is 23.2 Å². The number of nitrogens with two attached hydrogens (primary N) is 1. The maximum atomic E-state index is 6.22. The Morgan fingerprint density at radius 1 is 1.00 bits per heavy atom. The minimum Gasteiger partial charge on any atom is -0.492 e. The molecule has 0 unspecified atom stereocenters. The monoisotopic (exact) mass is 389 g/mol. The van der Waals surface area contributed by atoms with Crippen molar-refractivity contribution >= 4 is 51.9 Å². The standard InChI is InChI=1S/C18H17Cl2N5O/c1-2-26-15-6-4-3-5-14(15)25-18-16(21)17(22-10-23-18)24-13-8-11(19)7-12(20)9-13/h3-10H,2,21H2,1H3,(H2,22,23,24,25). The van der Waals surface area contributed by atoms with Crippen molar-refractivity contribution in [2.45, 2.75) is 6.92 Å². The first kappa shape index (κ1) is 18.1. The molecule has 0 radical (unpaired) electrons. The summed E-state index contributed by atoms with van der Waals surface area (Å²) in [6.07, 6.45) is 1.41. The Morgan fingerprint density at radius 3 is 2.35 bits per heavy atom. The Kier molecular flexibility index (Phi) is 5.65. The zero-order valence-corrected chi connectivity index (χ0v) is 15.5. The van der Waals surface area contributed by atoms with Crippen molar-refractivity contribution in [2.75, 3.05) is 23.0 Å². The van der Waals surface area contributed by atoms with Crippen molar-refractivity contribution in [2.24, 2.45) is 0 Å². The minimum atomic E-state index is 0.356. The molecule has 4 N–H and O–H groups in total. The molecular formula is C18H17Cl2N5O. The van der Waals surface area contributed by atoms with E-state index in [0.717, 1.165) is 5.69 Å². The number of hydrogen-bond acceptors (Lipinski definition) is 6. The van der Waals surface area contributed by atoms with E-state index in [2.05, 4.69) is 20.6 Å². The lowest BCUT2D eigenvalue weighted by molar-refractivity contribution is 0.342. The molecule has 1 aromatic heterocycles. The first-order valence-electron chi connectivity index (χ1n) is 7.89. The van der Waals surface area contributed by atoms with Gasteiger partial charge in [-0.1, -0.05) is 35.3 Å². The van der Waals surface area contributed by atoms with Crippen molar-refractivity contribution in [1.82, 2.24) is 9.97 Å². The number of hydrogen-bond donors (Lipinski definition) is 3. The van der Waals surface area contributed by atoms with E-state index in [0.29, 0.717) is 45.4 Å². The molecule has 0 amide bonds. The predicted molar refractivity (Wildman–Crippen MR) is 107 cm³/mol. The summed E-state index contributed by atoms with van der Waals surface area (Å²) < 4.78 is 5.61. The molecule has 0 spiro atoms. The number of anilines is 5. The van der Waals surface area contributed by atoms with E-state index in [1.165, 1.54) is 6.33 Å². The molecule has 0 aliphatic rings. The second kappa shape index (κ2) is 8.12. The molecule has 0 aliphatic carbocycles. The highest BCUT2D eigenvalue weighted by atomic mass is 35.5. The van der Waals surface area contributed by atoms with Gasteiger partial charge >= 0.3 is 0 Å². The van der Waals surface area contributed by atoms with E-state index in [4.69, 9.17) is 33.7 Å². The average molecular weight is 390 g/mol. The summed E-state index contributed by atoms with van der Waals surface area (Å²) >= 11 is 12.1. The molecule has 0 aliphatic heterocycles. The zero-order valence-electron chi connectivity index (χ0n) is 14.0. The van der Waals surface area contributed by atoms with Crippen LogP contribution in [0.3, 0.4) is 0 Å². The maximum Gasteiger partial charge on any atom is 0.159 e. The van der Waals surface area contributed by atoms with Gasteiger partial charge in [-0.3, -0.25) is 0 Å². The first-order valence-corrected chi connectivity index (χ1v) is 8.65. The number of nitrogens with one attached hydrogen (secondary N) is 2. The fourth-order valence-corrected chi connectivity index (χ4v) is 2.86. The van der Waals surface area contributed by atoms with Gasteiger partial charge < -0.3 is 21.1 Å². The van der Waals surface area contributed by atoms with Crippen molar-refractivity contribution in [1.29, 1.82) is 0 Å². The molecule has 0 fully saturated rings. The number of nitrogens with zero attached hydrogens (tertiary/aromatic N) is 2. The Balaban J connectivity index is 1.88. The fraction of sp³-hybridized carbons (Fsp3) is 0.111. The molecule has 3 rings (SSSR count). The van der Waals surface area contributed by atoms with Crippen LogP contribution in [0.15, 0.2) is 48.8 Å². The zero-order chi connectivity index (χ0) is 18.5. The number of halogens is 2. The van der Waals surface area contributed by atoms with Crippen LogP contribution in [0.5, 0.6) is 5.75 Å². The van der Waals surface area contributed by atoms with Crippen LogP contribution < -0.4 is 21.1 Å². The molecule has 0 saturated carbocycles. The molecule has 0 atom stereocenters. The van der Waals surface area contributed by atoms with Crippen molar-refractivity contribution in [3.63, 3.8) is 0 Å². The number of aromatic nitrogens is 2. The Hall–Kier alpha value is -2.70. The van der Waals surface area contributed by atoms with Crippen molar-refractivity contribution in [3.8, 4) is 5.75 Å². The fourth-order valence-electron chi connectivity index (χ4n) is 2.34. The van der Waals surface area contributed by atoms with Crippen LogP contribution in [-0.4, -0.2) is 16.6 Å². The molecule has 26 heavy (non-hydrogen) atoms. The number of nitrogen functional groups attached to an aromatic ring is 1. The topological polar surface area (TPSA) is 85.1 Å². The molecule has 6 nitrogen and oxygen atoms in total. The van der Waals surface area contributed by atoms with Gasteiger partial charge in [-0.15, -0.1) is 0 Å². The third-order valence-corrected chi connectivity index (χ3v) is 3.89. The van der Waals surface area contributed by atoms with Crippen LogP contribution in [0.4, 0.5) is 28.7 Å². The summed E-state index contributed by atoms with van der Waals surface area (Å²) in [5.41, 5.74) is 8.01. The number of para-hydroxylation sites is 2. The van der Waals surface area contributed by atoms with Crippen molar-refractivity contribution < 1.29 is 4.74 Å². The van der Waals surface area contributed by atoms with Gasteiger partial charge in [0.15, 0.2) is 11.6 Å². The Bertz CT molecular complexity index is 900. The molecule has 2 aromatic carbocycles. The number of rotatable bonds is 6. The van der Waals surface area contributed by atoms with Crippen molar-refractivity contribution in [3.05, 3.63) is 58.8 Å². The maximum absolute atomic E-state index is 6.22. The highest BCUT2D eigenvalue weighted by Gasteiger charge is 2.11. The lowest BCUT2D eigenvalue weighted by Gasteiger charge is -2.15. The summed E-state index contributed by atoms with van der Waals surface area (Å²) in [6.45, 7) is 2.48. The van der Waals surface area contributed by atoms with Crippen LogP contribution in [0.25, 0.3) is 0 Å². The molecule has 8 heteroatoms. The van der Waals surface area contributed by atoms with Gasteiger partial charge in [0.25, 0.3) is 0 Å². The molecule has 0 saturated heterocycles. The average Bonchev–Trinajstić information content (AvgIpc) is 2.59. The van der Waals surface area contributed by atoms with Gasteiger partial charge in [-0.25, -0.2) is 9.97 Å². The van der Waals surface area contributed by atoms with Gasteiger partial charge in [0.1, 0.15) is 17.8 Å². The van der Waals surface area contributed by atoms with Gasteiger partial charge in [-0.2, -0.15) is 0 Å². The number of ether oxygens (including phenoxy) is 1. The highest BCUT2D eigenvalue weighted by molar-refractivity contribution is 6.35. The largest absolute Gasteiger partial charge is 0.492 e. The van der Waals surface area contributed by atoms with Crippen LogP contribution in [0.2, 0.25) is 10.0 Å². The smallest absolute Gasteiger partial charge is 0.159 e. The third-order valence-electron chi connectivity index (χ3n) is 3.45. The van der Waals surface area contributed by atoms with Gasteiger partial charge in [0.2, 0.25) is 0 Å². The summed E-state index contributed by atoms with van der Waals surface area (Å²) in [5, 5.41) is 7.31. The normalized spacial score (nSPS) is 10.4. The minimum absolute atomic E-state index is 0.356.